The molecule has 18 heavy (non-hydrogen) atoms. The van der Waals surface area contributed by atoms with E-state index in [1.165, 1.54) is 24.0 Å². The van der Waals surface area contributed by atoms with Crippen LogP contribution >= 0.6 is 11.3 Å². The number of furan rings is 1. The summed E-state index contributed by atoms with van der Waals surface area (Å²) in [6.45, 7) is 2.46. The summed E-state index contributed by atoms with van der Waals surface area (Å²) in [5.74, 6) is 0.922. The van der Waals surface area contributed by atoms with Gasteiger partial charge in [-0.25, -0.2) is 0 Å². The summed E-state index contributed by atoms with van der Waals surface area (Å²) in [6, 6.07) is 5.00. The van der Waals surface area contributed by atoms with Crippen molar-refractivity contribution < 1.29 is 4.42 Å². The SMILES string of the molecule is NCc1occc1CN(Cc1ccsc1)C1CC1. The molecule has 0 unspecified atom stereocenters. The minimum absolute atomic E-state index is 0.485. The van der Waals surface area contributed by atoms with E-state index in [-0.39, 0.29) is 0 Å². The number of nitrogens with zero attached hydrogens (tertiary/aromatic N) is 1. The zero-order chi connectivity index (χ0) is 12.4. The summed E-state index contributed by atoms with van der Waals surface area (Å²) in [5.41, 5.74) is 8.33. The molecular formula is C14H18N2OS. The molecule has 0 spiro atoms. The van der Waals surface area contributed by atoms with E-state index in [0.717, 1.165) is 24.9 Å². The van der Waals surface area contributed by atoms with Gasteiger partial charge in [-0.3, -0.25) is 4.90 Å². The van der Waals surface area contributed by atoms with Crippen LogP contribution in [0.4, 0.5) is 0 Å². The lowest BCUT2D eigenvalue weighted by molar-refractivity contribution is 0.244. The zero-order valence-electron chi connectivity index (χ0n) is 10.3. The van der Waals surface area contributed by atoms with Gasteiger partial charge in [0.2, 0.25) is 0 Å². The smallest absolute Gasteiger partial charge is 0.121 e. The standard InChI is InChI=1S/C14H18N2OS/c15-7-14-12(3-5-17-14)9-16(13-1-2-13)8-11-4-6-18-10-11/h3-6,10,13H,1-2,7-9,15H2. The van der Waals surface area contributed by atoms with Gasteiger partial charge in [0.15, 0.2) is 0 Å². The van der Waals surface area contributed by atoms with Crippen molar-refractivity contribution >= 4 is 11.3 Å². The van der Waals surface area contributed by atoms with Gasteiger partial charge in [0.25, 0.3) is 0 Å². The van der Waals surface area contributed by atoms with Crippen LogP contribution in [0.3, 0.4) is 0 Å². The van der Waals surface area contributed by atoms with Gasteiger partial charge in [-0.2, -0.15) is 11.3 Å². The largest absolute Gasteiger partial charge is 0.468 e. The zero-order valence-corrected chi connectivity index (χ0v) is 11.2. The highest BCUT2D eigenvalue weighted by Gasteiger charge is 2.29. The first-order chi connectivity index (χ1) is 8.86. The lowest BCUT2D eigenvalue weighted by atomic mass is 10.2. The molecule has 1 aliphatic rings. The number of nitrogens with two attached hydrogens (primary N) is 1. The van der Waals surface area contributed by atoms with Gasteiger partial charge in [0, 0.05) is 24.7 Å². The predicted molar refractivity (Wildman–Crippen MR) is 73.2 cm³/mol. The van der Waals surface area contributed by atoms with Gasteiger partial charge >= 0.3 is 0 Å². The molecule has 0 aromatic carbocycles. The van der Waals surface area contributed by atoms with Crippen molar-refractivity contribution in [3.8, 4) is 0 Å². The Kier molecular flexibility index (Phi) is 3.50. The molecule has 0 saturated heterocycles. The number of hydrogen-bond acceptors (Lipinski definition) is 4. The highest BCUT2D eigenvalue weighted by atomic mass is 32.1. The summed E-state index contributed by atoms with van der Waals surface area (Å²) in [5, 5.41) is 4.37. The van der Waals surface area contributed by atoms with Gasteiger partial charge < -0.3 is 10.2 Å². The van der Waals surface area contributed by atoms with E-state index in [4.69, 9.17) is 10.2 Å². The minimum Gasteiger partial charge on any atom is -0.468 e. The molecule has 4 heteroatoms. The molecule has 2 aromatic heterocycles. The molecular weight excluding hydrogens is 244 g/mol. The first-order valence-electron chi connectivity index (χ1n) is 6.37. The Hall–Kier alpha value is -1.10. The molecule has 0 aliphatic heterocycles. The highest BCUT2D eigenvalue weighted by Crippen LogP contribution is 2.30. The molecule has 1 aliphatic carbocycles. The molecule has 2 N–H and O–H groups in total. The maximum Gasteiger partial charge on any atom is 0.121 e. The summed E-state index contributed by atoms with van der Waals surface area (Å²) >= 11 is 1.76. The van der Waals surface area contributed by atoms with Gasteiger partial charge in [-0.1, -0.05) is 0 Å². The van der Waals surface area contributed by atoms with E-state index in [1.54, 1.807) is 17.6 Å². The molecule has 3 rings (SSSR count). The fourth-order valence-corrected chi connectivity index (χ4v) is 2.94. The van der Waals surface area contributed by atoms with Crippen molar-refractivity contribution in [2.75, 3.05) is 0 Å². The highest BCUT2D eigenvalue weighted by molar-refractivity contribution is 7.07. The van der Waals surface area contributed by atoms with Crippen LogP contribution in [0.15, 0.2) is 33.6 Å². The van der Waals surface area contributed by atoms with E-state index in [0.29, 0.717) is 6.54 Å². The molecule has 0 amide bonds. The second-order valence-electron chi connectivity index (χ2n) is 4.84. The average Bonchev–Trinajstić information content (AvgIpc) is 2.92. The van der Waals surface area contributed by atoms with Crippen LogP contribution in [0, 0.1) is 0 Å². The third-order valence-electron chi connectivity index (χ3n) is 3.43. The minimum atomic E-state index is 0.485. The number of rotatable bonds is 6. The van der Waals surface area contributed by atoms with E-state index in [1.807, 2.05) is 6.07 Å². The van der Waals surface area contributed by atoms with Crippen molar-refractivity contribution in [2.24, 2.45) is 5.73 Å². The Labute approximate surface area is 111 Å². The lowest BCUT2D eigenvalue weighted by Crippen LogP contribution is -2.25. The average molecular weight is 262 g/mol. The fourth-order valence-electron chi connectivity index (χ4n) is 2.28. The van der Waals surface area contributed by atoms with Crippen molar-refractivity contribution in [3.63, 3.8) is 0 Å². The van der Waals surface area contributed by atoms with Crippen LogP contribution in [-0.2, 0) is 19.6 Å². The Bertz CT molecular complexity index is 488. The first kappa shape index (κ1) is 12.0. The molecule has 0 radical (unpaired) electrons. The molecule has 96 valence electrons. The van der Waals surface area contributed by atoms with Crippen LogP contribution in [0.25, 0.3) is 0 Å². The van der Waals surface area contributed by atoms with Crippen molar-refractivity contribution in [1.82, 2.24) is 4.90 Å². The Balaban J connectivity index is 1.70. The Morgan fingerprint density at radius 1 is 1.33 bits per heavy atom. The Morgan fingerprint density at radius 3 is 2.89 bits per heavy atom. The normalized spacial score (nSPS) is 15.4. The number of hydrogen-bond donors (Lipinski definition) is 1. The summed E-state index contributed by atoms with van der Waals surface area (Å²) in [7, 11) is 0. The second-order valence-corrected chi connectivity index (χ2v) is 5.62. The van der Waals surface area contributed by atoms with Gasteiger partial charge in [0.05, 0.1) is 12.8 Å². The monoisotopic (exact) mass is 262 g/mol. The third kappa shape index (κ3) is 2.66. The molecule has 0 atom stereocenters. The van der Waals surface area contributed by atoms with E-state index in [2.05, 4.69) is 21.7 Å². The van der Waals surface area contributed by atoms with E-state index < -0.39 is 0 Å². The van der Waals surface area contributed by atoms with E-state index in [9.17, 15) is 0 Å². The molecule has 3 nitrogen and oxygen atoms in total. The third-order valence-corrected chi connectivity index (χ3v) is 4.16. The van der Waals surface area contributed by atoms with Crippen LogP contribution in [0.5, 0.6) is 0 Å². The van der Waals surface area contributed by atoms with Gasteiger partial charge in [-0.05, 0) is 41.3 Å². The van der Waals surface area contributed by atoms with Crippen molar-refractivity contribution in [2.45, 2.75) is 38.5 Å². The molecule has 1 saturated carbocycles. The number of thiophene rings is 1. The maximum absolute atomic E-state index is 5.69. The topological polar surface area (TPSA) is 42.4 Å². The fraction of sp³-hybridized carbons (Fsp3) is 0.429. The Morgan fingerprint density at radius 2 is 2.22 bits per heavy atom. The van der Waals surface area contributed by atoms with Crippen LogP contribution in [0.1, 0.15) is 29.7 Å². The van der Waals surface area contributed by atoms with Crippen LogP contribution < -0.4 is 5.73 Å². The lowest BCUT2D eigenvalue weighted by Gasteiger charge is -2.21. The van der Waals surface area contributed by atoms with Gasteiger partial charge in [-0.15, -0.1) is 0 Å². The summed E-state index contributed by atoms with van der Waals surface area (Å²) in [6.07, 6.45) is 4.38. The molecule has 2 aromatic rings. The van der Waals surface area contributed by atoms with Crippen LogP contribution in [0.2, 0.25) is 0 Å². The predicted octanol–water partition coefficient (Wildman–Crippen LogP) is 2.96. The van der Waals surface area contributed by atoms with Crippen LogP contribution in [-0.4, -0.2) is 10.9 Å². The van der Waals surface area contributed by atoms with Gasteiger partial charge in [0.1, 0.15) is 5.76 Å². The van der Waals surface area contributed by atoms with Crippen molar-refractivity contribution in [1.29, 1.82) is 0 Å². The molecule has 0 bridgehead atoms. The van der Waals surface area contributed by atoms with Crippen molar-refractivity contribution in [3.05, 3.63) is 46.0 Å². The first-order valence-corrected chi connectivity index (χ1v) is 7.31. The molecule has 1 fully saturated rings. The maximum atomic E-state index is 5.69. The quantitative estimate of drug-likeness (QED) is 0.870. The van der Waals surface area contributed by atoms with E-state index >= 15 is 0 Å². The second kappa shape index (κ2) is 5.26. The summed E-state index contributed by atoms with van der Waals surface area (Å²) in [4.78, 5) is 2.53. The summed E-state index contributed by atoms with van der Waals surface area (Å²) < 4.78 is 5.40. The molecule has 2 heterocycles.